The van der Waals surface area contributed by atoms with Crippen molar-refractivity contribution in [1.29, 1.82) is 0 Å². The van der Waals surface area contributed by atoms with Crippen molar-refractivity contribution in [1.82, 2.24) is 0 Å². The SMILES string of the molecule is C=C(C)c1cc(OCC(=O)OCC)ccc1Cc1ccc(O)c(C(C)C)c1F. The molecule has 0 spiro atoms. The van der Waals surface area contributed by atoms with Gasteiger partial charge in [0.2, 0.25) is 0 Å². The van der Waals surface area contributed by atoms with Crippen LogP contribution in [0.4, 0.5) is 4.39 Å². The first-order valence-corrected chi connectivity index (χ1v) is 9.32. The van der Waals surface area contributed by atoms with Gasteiger partial charge in [0.25, 0.3) is 0 Å². The first kappa shape index (κ1) is 21.5. The maximum atomic E-state index is 14.9. The average Bonchev–Trinajstić information content (AvgIpc) is 2.63. The standard InChI is InChI=1S/C23H27FO4/c1-6-27-21(26)13-28-18-9-7-16(19(12-18)14(2)3)11-17-8-10-20(25)22(15(4)5)23(17)24/h7-10,12,15,25H,2,6,11,13H2,1,3-5H3. The van der Waals surface area contributed by atoms with Crippen molar-refractivity contribution < 1.29 is 23.8 Å². The number of hydrogen-bond donors (Lipinski definition) is 1. The zero-order valence-electron chi connectivity index (χ0n) is 16.8. The van der Waals surface area contributed by atoms with E-state index in [1.54, 1.807) is 25.1 Å². The van der Waals surface area contributed by atoms with Crippen molar-refractivity contribution in [2.45, 2.75) is 40.0 Å². The summed E-state index contributed by atoms with van der Waals surface area (Å²) >= 11 is 0. The predicted molar refractivity (Wildman–Crippen MR) is 108 cm³/mol. The second-order valence-electron chi connectivity index (χ2n) is 7.00. The molecule has 0 aliphatic carbocycles. The molecule has 28 heavy (non-hydrogen) atoms. The third kappa shape index (κ3) is 5.12. The van der Waals surface area contributed by atoms with Crippen LogP contribution in [0.5, 0.6) is 11.5 Å². The summed E-state index contributed by atoms with van der Waals surface area (Å²) in [6, 6.07) is 8.50. The van der Waals surface area contributed by atoms with E-state index < -0.39 is 5.97 Å². The van der Waals surface area contributed by atoms with Gasteiger partial charge in [-0.3, -0.25) is 0 Å². The Bertz CT molecular complexity index is 871. The minimum atomic E-state index is -0.434. The van der Waals surface area contributed by atoms with E-state index in [9.17, 15) is 14.3 Å². The summed E-state index contributed by atoms with van der Waals surface area (Å²) in [5.41, 5.74) is 3.35. The summed E-state index contributed by atoms with van der Waals surface area (Å²) in [6.07, 6.45) is 0.353. The van der Waals surface area contributed by atoms with E-state index in [4.69, 9.17) is 9.47 Å². The summed E-state index contributed by atoms with van der Waals surface area (Å²) in [6.45, 7) is 11.4. The summed E-state index contributed by atoms with van der Waals surface area (Å²) < 4.78 is 25.2. The molecule has 0 saturated heterocycles. The second kappa shape index (κ2) is 9.40. The monoisotopic (exact) mass is 386 g/mol. The lowest BCUT2D eigenvalue weighted by Crippen LogP contribution is -2.14. The number of benzene rings is 2. The molecule has 0 amide bonds. The van der Waals surface area contributed by atoms with Crippen LogP contribution in [-0.4, -0.2) is 24.3 Å². The Hall–Kier alpha value is -2.82. The molecule has 2 aromatic rings. The lowest BCUT2D eigenvalue weighted by Gasteiger charge is -2.16. The van der Waals surface area contributed by atoms with Gasteiger partial charge in [0.15, 0.2) is 6.61 Å². The van der Waals surface area contributed by atoms with Gasteiger partial charge in [-0.1, -0.05) is 38.1 Å². The maximum Gasteiger partial charge on any atom is 0.344 e. The fourth-order valence-electron chi connectivity index (χ4n) is 3.06. The number of carbonyl (C=O) groups is 1. The Morgan fingerprint density at radius 1 is 1.21 bits per heavy atom. The van der Waals surface area contributed by atoms with Gasteiger partial charge in [-0.15, -0.1) is 0 Å². The van der Waals surface area contributed by atoms with Crippen LogP contribution >= 0.6 is 0 Å². The van der Waals surface area contributed by atoms with E-state index in [0.717, 1.165) is 16.7 Å². The third-order valence-corrected chi connectivity index (χ3v) is 4.40. The van der Waals surface area contributed by atoms with E-state index in [2.05, 4.69) is 6.58 Å². The summed E-state index contributed by atoms with van der Waals surface area (Å²) in [5, 5.41) is 9.97. The molecule has 1 N–H and O–H groups in total. The number of esters is 1. The Morgan fingerprint density at radius 2 is 1.89 bits per heavy atom. The lowest BCUT2D eigenvalue weighted by molar-refractivity contribution is -0.145. The first-order valence-electron chi connectivity index (χ1n) is 9.32. The normalized spacial score (nSPS) is 10.8. The molecular formula is C23H27FO4. The van der Waals surface area contributed by atoms with E-state index >= 15 is 0 Å². The van der Waals surface area contributed by atoms with E-state index in [-0.39, 0.29) is 24.1 Å². The van der Waals surface area contributed by atoms with Crippen molar-refractivity contribution in [3.05, 3.63) is 65.0 Å². The Labute approximate surface area is 165 Å². The van der Waals surface area contributed by atoms with Gasteiger partial charge >= 0.3 is 5.97 Å². The molecule has 0 aromatic heterocycles. The van der Waals surface area contributed by atoms with Gasteiger partial charge in [0.05, 0.1) is 6.61 Å². The number of carbonyl (C=O) groups excluding carboxylic acids is 1. The number of hydrogen-bond acceptors (Lipinski definition) is 4. The molecule has 0 atom stereocenters. The van der Waals surface area contributed by atoms with E-state index in [1.807, 2.05) is 26.8 Å². The molecule has 0 fully saturated rings. The van der Waals surface area contributed by atoms with Crippen molar-refractivity contribution in [2.75, 3.05) is 13.2 Å². The molecule has 2 aromatic carbocycles. The van der Waals surface area contributed by atoms with Crippen LogP contribution in [-0.2, 0) is 16.0 Å². The lowest BCUT2D eigenvalue weighted by atomic mass is 9.92. The predicted octanol–water partition coefficient (Wildman–Crippen LogP) is 5.22. The van der Waals surface area contributed by atoms with Crippen LogP contribution < -0.4 is 4.74 Å². The Kier molecular flexibility index (Phi) is 7.21. The average molecular weight is 386 g/mol. The molecule has 150 valence electrons. The molecule has 0 bridgehead atoms. The molecule has 0 radical (unpaired) electrons. The molecule has 5 heteroatoms. The zero-order valence-corrected chi connectivity index (χ0v) is 16.8. The number of ether oxygens (including phenoxy) is 2. The minimum absolute atomic E-state index is 0.0286. The topological polar surface area (TPSA) is 55.8 Å². The molecule has 0 unspecified atom stereocenters. The van der Waals surface area contributed by atoms with Gasteiger partial charge < -0.3 is 14.6 Å². The smallest absolute Gasteiger partial charge is 0.344 e. The summed E-state index contributed by atoms with van der Waals surface area (Å²) in [5.74, 6) is -0.455. The van der Waals surface area contributed by atoms with Gasteiger partial charge in [-0.2, -0.15) is 0 Å². The van der Waals surface area contributed by atoms with Crippen molar-refractivity contribution in [2.24, 2.45) is 0 Å². The number of allylic oxidation sites excluding steroid dienone is 1. The van der Waals surface area contributed by atoms with Crippen LogP contribution in [0, 0.1) is 5.82 Å². The number of phenolic OH excluding ortho intramolecular Hbond substituents is 1. The van der Waals surface area contributed by atoms with Gasteiger partial charge in [-0.05, 0) is 54.7 Å². The van der Waals surface area contributed by atoms with E-state index in [0.29, 0.717) is 29.9 Å². The van der Waals surface area contributed by atoms with Crippen LogP contribution in [0.2, 0.25) is 0 Å². The minimum Gasteiger partial charge on any atom is -0.508 e. The number of rotatable bonds is 8. The molecule has 0 heterocycles. The fraction of sp³-hybridized carbons (Fsp3) is 0.348. The molecule has 0 saturated carbocycles. The zero-order chi connectivity index (χ0) is 20.8. The van der Waals surface area contributed by atoms with Crippen LogP contribution in [0.1, 0.15) is 55.9 Å². The highest BCUT2D eigenvalue weighted by molar-refractivity contribution is 5.71. The Balaban J connectivity index is 2.30. The second-order valence-corrected chi connectivity index (χ2v) is 7.00. The first-order chi connectivity index (χ1) is 13.2. The maximum absolute atomic E-state index is 14.9. The largest absolute Gasteiger partial charge is 0.508 e. The third-order valence-electron chi connectivity index (χ3n) is 4.40. The van der Waals surface area contributed by atoms with Gasteiger partial charge in [-0.25, -0.2) is 9.18 Å². The molecule has 2 rings (SSSR count). The highest BCUT2D eigenvalue weighted by atomic mass is 19.1. The van der Waals surface area contributed by atoms with Crippen molar-refractivity contribution in [3.63, 3.8) is 0 Å². The van der Waals surface area contributed by atoms with Crippen molar-refractivity contribution >= 4 is 11.5 Å². The highest BCUT2D eigenvalue weighted by Gasteiger charge is 2.17. The van der Waals surface area contributed by atoms with Gasteiger partial charge in [0, 0.05) is 12.0 Å². The number of aromatic hydroxyl groups is 1. The quantitative estimate of drug-likeness (QED) is 0.632. The van der Waals surface area contributed by atoms with Crippen LogP contribution in [0.3, 0.4) is 0 Å². The highest BCUT2D eigenvalue weighted by Crippen LogP contribution is 2.32. The van der Waals surface area contributed by atoms with Crippen LogP contribution in [0.15, 0.2) is 36.9 Å². The molecule has 4 nitrogen and oxygen atoms in total. The van der Waals surface area contributed by atoms with Crippen molar-refractivity contribution in [3.8, 4) is 11.5 Å². The fourth-order valence-corrected chi connectivity index (χ4v) is 3.06. The van der Waals surface area contributed by atoms with E-state index in [1.165, 1.54) is 6.07 Å². The molecular weight excluding hydrogens is 359 g/mol. The van der Waals surface area contributed by atoms with Gasteiger partial charge in [0.1, 0.15) is 17.3 Å². The Morgan fingerprint density at radius 3 is 2.50 bits per heavy atom. The number of halogens is 1. The molecule has 0 aliphatic heterocycles. The van der Waals surface area contributed by atoms with Crippen LogP contribution in [0.25, 0.3) is 5.57 Å². The summed E-state index contributed by atoms with van der Waals surface area (Å²) in [7, 11) is 0. The number of phenols is 1. The molecule has 0 aliphatic rings. The summed E-state index contributed by atoms with van der Waals surface area (Å²) in [4.78, 5) is 11.5.